The van der Waals surface area contributed by atoms with E-state index in [-0.39, 0.29) is 46.5 Å². The first-order chi connectivity index (χ1) is 12.8. The van der Waals surface area contributed by atoms with Crippen molar-refractivity contribution in [1.82, 2.24) is 15.4 Å². The molecule has 0 unspecified atom stereocenters. The monoisotopic (exact) mass is 429 g/mol. The molecule has 2 heterocycles. The van der Waals surface area contributed by atoms with Crippen LogP contribution in [0.4, 0.5) is 0 Å². The third kappa shape index (κ3) is 4.65. The predicted octanol–water partition coefficient (Wildman–Crippen LogP) is 1.82. The van der Waals surface area contributed by atoms with E-state index in [1.807, 2.05) is 6.92 Å². The van der Waals surface area contributed by atoms with E-state index in [4.69, 9.17) is 9.26 Å². The van der Waals surface area contributed by atoms with Crippen LogP contribution >= 0.6 is 12.4 Å². The Hall–Kier alpha value is -2.10. The number of hydrogen-bond acceptors (Lipinski definition) is 7. The fourth-order valence-corrected chi connectivity index (χ4v) is 4.54. The van der Waals surface area contributed by atoms with E-state index >= 15 is 0 Å². The number of aryl methyl sites for hydroxylation is 1. The molecule has 0 aliphatic carbocycles. The highest BCUT2D eigenvalue weighted by molar-refractivity contribution is 7.90. The van der Waals surface area contributed by atoms with Crippen LogP contribution in [0, 0.1) is 6.92 Å². The Morgan fingerprint density at radius 3 is 2.75 bits per heavy atom. The first-order valence-electron chi connectivity index (χ1n) is 8.66. The highest BCUT2D eigenvalue weighted by Gasteiger charge is 2.28. The lowest BCUT2D eigenvalue weighted by Crippen LogP contribution is -2.52. The Balaban J connectivity index is 0.00000280. The van der Waals surface area contributed by atoms with Gasteiger partial charge >= 0.3 is 0 Å². The van der Waals surface area contributed by atoms with Crippen molar-refractivity contribution in [3.8, 4) is 5.75 Å². The van der Waals surface area contributed by atoms with Crippen molar-refractivity contribution in [2.45, 2.75) is 30.5 Å². The van der Waals surface area contributed by atoms with Crippen LogP contribution in [0.15, 0.2) is 33.7 Å². The third-order valence-electron chi connectivity index (χ3n) is 4.52. The molecule has 1 aliphatic rings. The molecule has 1 aromatic carbocycles. The summed E-state index contributed by atoms with van der Waals surface area (Å²) in [6.45, 7) is 5.66. The Bertz CT molecular complexity index is 944. The first kappa shape index (κ1) is 22.2. The van der Waals surface area contributed by atoms with Gasteiger partial charge < -0.3 is 19.5 Å². The maximum absolute atomic E-state index is 12.9. The van der Waals surface area contributed by atoms with Crippen LogP contribution in [0.1, 0.15) is 28.7 Å². The molecule has 1 atom stereocenters. The van der Waals surface area contributed by atoms with Crippen LogP contribution in [-0.2, 0) is 15.6 Å². The number of methoxy groups -OCH3 is 1. The maximum Gasteiger partial charge on any atom is 0.254 e. The second-order valence-corrected chi connectivity index (χ2v) is 8.57. The van der Waals surface area contributed by atoms with Gasteiger partial charge in [-0.05, 0) is 32.0 Å². The van der Waals surface area contributed by atoms with E-state index in [0.29, 0.717) is 30.9 Å². The van der Waals surface area contributed by atoms with E-state index in [0.717, 1.165) is 0 Å². The molecular formula is C18H24ClN3O5S. The van der Waals surface area contributed by atoms with Gasteiger partial charge in [0.15, 0.2) is 15.6 Å². The van der Waals surface area contributed by atoms with Gasteiger partial charge in [-0.15, -0.1) is 12.4 Å². The number of sulfone groups is 1. The fourth-order valence-electron chi connectivity index (χ4n) is 3.11. The van der Waals surface area contributed by atoms with Gasteiger partial charge in [-0.3, -0.25) is 4.79 Å². The topological polar surface area (TPSA) is 102 Å². The number of carbonyl (C=O) groups is 1. The largest absolute Gasteiger partial charge is 0.495 e. The Labute approximate surface area is 170 Å². The number of aromatic nitrogens is 1. The molecule has 1 aromatic heterocycles. The zero-order chi connectivity index (χ0) is 19.6. The summed E-state index contributed by atoms with van der Waals surface area (Å²) in [5.41, 5.74) is 0.917. The molecule has 0 spiro atoms. The normalized spacial score (nSPS) is 17.1. The van der Waals surface area contributed by atoms with Crippen LogP contribution in [0.3, 0.4) is 0 Å². The number of amides is 1. The van der Waals surface area contributed by atoms with E-state index in [1.165, 1.54) is 19.2 Å². The van der Waals surface area contributed by atoms with Crippen molar-refractivity contribution in [3.63, 3.8) is 0 Å². The number of carbonyl (C=O) groups excluding carboxylic acids is 1. The van der Waals surface area contributed by atoms with Gasteiger partial charge in [0, 0.05) is 37.3 Å². The molecule has 0 saturated carbocycles. The maximum atomic E-state index is 12.9. The quantitative estimate of drug-likeness (QED) is 0.773. The zero-order valence-corrected chi connectivity index (χ0v) is 17.6. The van der Waals surface area contributed by atoms with Crippen molar-refractivity contribution in [1.29, 1.82) is 0 Å². The van der Waals surface area contributed by atoms with Gasteiger partial charge in [0.1, 0.15) is 16.4 Å². The lowest BCUT2D eigenvalue weighted by molar-refractivity contribution is 0.0655. The summed E-state index contributed by atoms with van der Waals surface area (Å²) in [5, 5.41) is 6.94. The number of piperazine rings is 1. The van der Waals surface area contributed by atoms with Crippen LogP contribution in [-0.4, -0.2) is 57.2 Å². The first-order valence-corrected chi connectivity index (χ1v) is 10.3. The molecule has 154 valence electrons. The molecule has 2 aromatic rings. The molecule has 0 radical (unpaired) electrons. The van der Waals surface area contributed by atoms with Crippen LogP contribution in [0.25, 0.3) is 0 Å². The molecule has 1 saturated heterocycles. The molecular weight excluding hydrogens is 406 g/mol. The van der Waals surface area contributed by atoms with Crippen molar-refractivity contribution in [2.75, 3.05) is 26.7 Å². The van der Waals surface area contributed by atoms with E-state index in [1.54, 1.807) is 24.0 Å². The molecule has 1 aliphatic heterocycles. The summed E-state index contributed by atoms with van der Waals surface area (Å²) in [6.07, 6.45) is 0. The van der Waals surface area contributed by atoms with E-state index in [2.05, 4.69) is 10.5 Å². The molecule has 1 fully saturated rings. The van der Waals surface area contributed by atoms with Gasteiger partial charge in [0.05, 0.1) is 12.8 Å². The molecule has 10 heteroatoms. The number of ether oxygens (including phenoxy) is 1. The summed E-state index contributed by atoms with van der Waals surface area (Å²) in [5.74, 6) is -0.122. The molecule has 1 N–H and O–H groups in total. The van der Waals surface area contributed by atoms with Gasteiger partial charge in [0.25, 0.3) is 5.91 Å². The van der Waals surface area contributed by atoms with Gasteiger partial charge in [-0.25, -0.2) is 8.42 Å². The fraction of sp³-hybridized carbons (Fsp3) is 0.444. The lowest BCUT2D eigenvalue weighted by Gasteiger charge is -2.34. The summed E-state index contributed by atoms with van der Waals surface area (Å²) >= 11 is 0. The summed E-state index contributed by atoms with van der Waals surface area (Å²) in [6, 6.07) is 6.09. The predicted molar refractivity (Wildman–Crippen MR) is 106 cm³/mol. The number of halogens is 1. The smallest absolute Gasteiger partial charge is 0.254 e. The third-order valence-corrected chi connectivity index (χ3v) is 6.17. The second kappa shape index (κ2) is 8.93. The number of nitrogens with zero attached hydrogens (tertiary/aromatic N) is 2. The highest BCUT2D eigenvalue weighted by atomic mass is 35.5. The molecule has 28 heavy (non-hydrogen) atoms. The highest BCUT2D eigenvalue weighted by Crippen LogP contribution is 2.29. The zero-order valence-electron chi connectivity index (χ0n) is 16.0. The minimum Gasteiger partial charge on any atom is -0.495 e. The Morgan fingerprint density at radius 1 is 1.39 bits per heavy atom. The van der Waals surface area contributed by atoms with Crippen LogP contribution in [0.5, 0.6) is 5.75 Å². The van der Waals surface area contributed by atoms with Gasteiger partial charge in [-0.2, -0.15) is 0 Å². The summed E-state index contributed by atoms with van der Waals surface area (Å²) < 4.78 is 36.1. The van der Waals surface area contributed by atoms with Gasteiger partial charge in [-0.1, -0.05) is 5.16 Å². The number of benzene rings is 1. The van der Waals surface area contributed by atoms with Crippen molar-refractivity contribution >= 4 is 28.2 Å². The Kier molecular flexibility index (Phi) is 7.08. The Morgan fingerprint density at radius 2 is 2.14 bits per heavy atom. The number of hydrogen-bond donors (Lipinski definition) is 1. The number of rotatable bonds is 5. The van der Waals surface area contributed by atoms with Crippen molar-refractivity contribution < 1.29 is 22.5 Å². The molecule has 3 rings (SSSR count). The summed E-state index contributed by atoms with van der Waals surface area (Å²) in [4.78, 5) is 14.6. The van der Waals surface area contributed by atoms with Gasteiger partial charge in [0.2, 0.25) is 0 Å². The molecule has 0 bridgehead atoms. The minimum atomic E-state index is -3.78. The van der Waals surface area contributed by atoms with E-state index in [9.17, 15) is 13.2 Å². The molecule has 1 amide bonds. The SMILES string of the molecule is COc1ccc(C(=O)N2CCNC[C@H]2C)cc1S(=O)(=O)Cc1cc(C)no1.Cl. The lowest BCUT2D eigenvalue weighted by atomic mass is 10.1. The average molecular weight is 430 g/mol. The molecule has 8 nitrogen and oxygen atoms in total. The van der Waals surface area contributed by atoms with Crippen molar-refractivity contribution in [2.24, 2.45) is 0 Å². The minimum absolute atomic E-state index is 0. The van der Waals surface area contributed by atoms with Crippen molar-refractivity contribution in [3.05, 3.63) is 41.3 Å². The van der Waals surface area contributed by atoms with Crippen LogP contribution in [0.2, 0.25) is 0 Å². The van der Waals surface area contributed by atoms with E-state index < -0.39 is 9.84 Å². The standard InChI is InChI=1S/C18H23N3O5S.ClH/c1-12-8-15(26-20-12)11-27(23,24)17-9-14(4-5-16(17)25-3)18(22)21-7-6-19-10-13(21)2;/h4-5,8-9,13,19H,6-7,10-11H2,1-3H3;1H/t13-;/m1./s1. The van der Waals surface area contributed by atoms with Crippen LogP contribution < -0.4 is 10.1 Å². The average Bonchev–Trinajstić information content (AvgIpc) is 3.05. The number of nitrogens with one attached hydrogen (secondary N) is 1. The second-order valence-electron chi connectivity index (χ2n) is 6.61. The summed E-state index contributed by atoms with van der Waals surface area (Å²) in [7, 11) is -2.39.